The first-order valence-corrected chi connectivity index (χ1v) is 4.73. The molecule has 2 aromatic heterocycles. The normalized spacial score (nSPS) is 10.1. The number of H-pyrrole nitrogens is 1. The number of pyridine rings is 1. The number of nitrogens with one attached hydrogen (secondary N) is 1. The molecular weight excluding hydrogens is 206 g/mol. The zero-order valence-corrected chi connectivity index (χ0v) is 9.01. The minimum absolute atomic E-state index is 0.385. The van der Waals surface area contributed by atoms with Gasteiger partial charge in [0.2, 0.25) is 5.95 Å². The van der Waals surface area contributed by atoms with E-state index in [2.05, 4.69) is 19.9 Å². The van der Waals surface area contributed by atoms with Gasteiger partial charge in [-0.1, -0.05) is 0 Å². The van der Waals surface area contributed by atoms with Crippen LogP contribution in [0.2, 0.25) is 0 Å². The third-order valence-corrected chi connectivity index (χ3v) is 1.99. The van der Waals surface area contributed by atoms with Crippen LogP contribution in [-0.2, 0) is 0 Å². The van der Waals surface area contributed by atoms with Crippen molar-refractivity contribution in [1.82, 2.24) is 19.9 Å². The molecule has 0 unspecified atom stereocenters. The summed E-state index contributed by atoms with van der Waals surface area (Å²) < 4.78 is 0. The molecule has 0 radical (unpaired) electrons. The van der Waals surface area contributed by atoms with Crippen LogP contribution >= 0.6 is 0 Å². The molecule has 0 saturated heterocycles. The third-order valence-electron chi connectivity index (χ3n) is 1.99. The third kappa shape index (κ3) is 2.05. The summed E-state index contributed by atoms with van der Waals surface area (Å²) in [5, 5.41) is 0. The van der Waals surface area contributed by atoms with Crippen molar-refractivity contribution in [3.63, 3.8) is 0 Å². The zero-order valence-electron chi connectivity index (χ0n) is 9.01. The van der Waals surface area contributed by atoms with Gasteiger partial charge in [-0.3, -0.25) is 9.97 Å². The van der Waals surface area contributed by atoms with Crippen LogP contribution < -0.4 is 10.6 Å². The number of hydrogen-bond acceptors (Lipinski definition) is 5. The standard InChI is InChI=1S/C10H11N5O/c1-15(2)9-12-8(13-10(16)14-9)7-3-5-11-6-4-7/h3-6H,1-2H3,(H,12,13,14,16). The topological polar surface area (TPSA) is 74.8 Å². The molecule has 0 aromatic carbocycles. The summed E-state index contributed by atoms with van der Waals surface area (Å²) in [6.07, 6.45) is 3.29. The van der Waals surface area contributed by atoms with Crippen molar-refractivity contribution < 1.29 is 0 Å². The average molecular weight is 217 g/mol. The first kappa shape index (κ1) is 10.3. The number of rotatable bonds is 2. The highest BCUT2D eigenvalue weighted by molar-refractivity contribution is 5.54. The van der Waals surface area contributed by atoms with E-state index < -0.39 is 5.69 Å². The van der Waals surface area contributed by atoms with Crippen LogP contribution in [0, 0.1) is 0 Å². The minimum Gasteiger partial charge on any atom is -0.347 e. The van der Waals surface area contributed by atoms with Crippen molar-refractivity contribution >= 4 is 5.95 Å². The fourth-order valence-electron chi connectivity index (χ4n) is 1.22. The minimum atomic E-state index is -0.412. The molecule has 2 rings (SSSR count). The van der Waals surface area contributed by atoms with E-state index >= 15 is 0 Å². The predicted octanol–water partition coefficient (Wildman–Crippen LogP) is 0.293. The van der Waals surface area contributed by atoms with E-state index in [1.165, 1.54) is 0 Å². The maximum absolute atomic E-state index is 11.3. The summed E-state index contributed by atoms with van der Waals surface area (Å²) in [7, 11) is 3.57. The molecule has 0 fully saturated rings. The maximum atomic E-state index is 11.3. The van der Waals surface area contributed by atoms with Gasteiger partial charge in [0.15, 0.2) is 0 Å². The van der Waals surface area contributed by atoms with E-state index in [4.69, 9.17) is 0 Å². The summed E-state index contributed by atoms with van der Waals surface area (Å²) in [5.41, 5.74) is 0.392. The molecule has 0 aliphatic heterocycles. The molecule has 0 saturated carbocycles. The van der Waals surface area contributed by atoms with Crippen LogP contribution in [0.5, 0.6) is 0 Å². The number of hydrogen-bond donors (Lipinski definition) is 1. The summed E-state index contributed by atoms with van der Waals surface area (Å²) in [4.78, 5) is 27.5. The number of aromatic nitrogens is 4. The molecule has 2 aromatic rings. The zero-order chi connectivity index (χ0) is 11.5. The van der Waals surface area contributed by atoms with Gasteiger partial charge in [0, 0.05) is 32.1 Å². The molecule has 82 valence electrons. The van der Waals surface area contributed by atoms with Crippen LogP contribution in [0.15, 0.2) is 29.3 Å². The summed E-state index contributed by atoms with van der Waals surface area (Å²) in [5.74, 6) is 0.877. The molecular formula is C10H11N5O. The lowest BCUT2D eigenvalue weighted by molar-refractivity contribution is 0.928. The van der Waals surface area contributed by atoms with Crippen LogP contribution in [0.4, 0.5) is 5.95 Å². The van der Waals surface area contributed by atoms with E-state index in [9.17, 15) is 4.79 Å². The molecule has 0 bridgehead atoms. The van der Waals surface area contributed by atoms with Gasteiger partial charge in [0.25, 0.3) is 0 Å². The summed E-state index contributed by atoms with van der Waals surface area (Å²) in [6, 6.07) is 3.55. The van der Waals surface area contributed by atoms with Gasteiger partial charge < -0.3 is 4.90 Å². The number of nitrogens with zero attached hydrogens (tertiary/aromatic N) is 4. The van der Waals surface area contributed by atoms with Crippen molar-refractivity contribution in [3.8, 4) is 11.4 Å². The molecule has 0 aliphatic rings. The van der Waals surface area contributed by atoms with Gasteiger partial charge >= 0.3 is 5.69 Å². The molecule has 16 heavy (non-hydrogen) atoms. The Balaban J connectivity index is 2.54. The van der Waals surface area contributed by atoms with Gasteiger partial charge in [-0.2, -0.15) is 9.97 Å². The van der Waals surface area contributed by atoms with Gasteiger partial charge in [0.1, 0.15) is 5.82 Å². The lowest BCUT2D eigenvalue weighted by Gasteiger charge is -2.09. The Kier molecular flexibility index (Phi) is 2.63. The Morgan fingerprint density at radius 2 is 1.88 bits per heavy atom. The van der Waals surface area contributed by atoms with Crippen LogP contribution in [0.3, 0.4) is 0 Å². The molecule has 0 amide bonds. The lowest BCUT2D eigenvalue weighted by atomic mass is 10.2. The predicted molar refractivity (Wildman–Crippen MR) is 60.2 cm³/mol. The lowest BCUT2D eigenvalue weighted by Crippen LogP contribution is -2.21. The van der Waals surface area contributed by atoms with Crippen molar-refractivity contribution in [3.05, 3.63) is 35.0 Å². The first-order valence-electron chi connectivity index (χ1n) is 4.73. The number of anilines is 1. The average Bonchev–Trinajstić information content (AvgIpc) is 2.29. The van der Waals surface area contributed by atoms with Gasteiger partial charge in [-0.05, 0) is 12.1 Å². The van der Waals surface area contributed by atoms with Crippen LogP contribution in [0.25, 0.3) is 11.4 Å². The monoisotopic (exact) mass is 217 g/mol. The van der Waals surface area contributed by atoms with Crippen LogP contribution in [-0.4, -0.2) is 34.0 Å². The fraction of sp³-hybridized carbons (Fsp3) is 0.200. The second-order valence-corrected chi connectivity index (χ2v) is 3.43. The maximum Gasteiger partial charge on any atom is 0.349 e. The molecule has 0 aliphatic carbocycles. The Bertz CT molecular complexity index is 534. The van der Waals surface area contributed by atoms with Gasteiger partial charge in [-0.25, -0.2) is 4.79 Å². The summed E-state index contributed by atoms with van der Waals surface area (Å²) in [6.45, 7) is 0. The molecule has 0 spiro atoms. The first-order chi connectivity index (χ1) is 7.66. The quantitative estimate of drug-likeness (QED) is 0.782. The van der Waals surface area contributed by atoms with Gasteiger partial charge in [-0.15, -0.1) is 0 Å². The Labute approximate surface area is 92.0 Å². The Morgan fingerprint density at radius 1 is 1.19 bits per heavy atom. The molecule has 1 N–H and O–H groups in total. The van der Waals surface area contributed by atoms with E-state index in [1.807, 2.05) is 0 Å². The molecule has 0 atom stereocenters. The second-order valence-electron chi connectivity index (χ2n) is 3.43. The second kappa shape index (κ2) is 4.09. The fourth-order valence-corrected chi connectivity index (χ4v) is 1.22. The van der Waals surface area contributed by atoms with Crippen molar-refractivity contribution in [1.29, 1.82) is 0 Å². The van der Waals surface area contributed by atoms with Gasteiger partial charge in [0.05, 0.1) is 0 Å². The Morgan fingerprint density at radius 3 is 2.50 bits per heavy atom. The van der Waals surface area contributed by atoms with Crippen LogP contribution in [0.1, 0.15) is 0 Å². The van der Waals surface area contributed by atoms with Crippen molar-refractivity contribution in [2.45, 2.75) is 0 Å². The Hall–Kier alpha value is -2.24. The smallest absolute Gasteiger partial charge is 0.347 e. The van der Waals surface area contributed by atoms with Crippen molar-refractivity contribution in [2.24, 2.45) is 0 Å². The molecule has 6 nitrogen and oxygen atoms in total. The van der Waals surface area contributed by atoms with E-state index in [1.54, 1.807) is 43.5 Å². The number of aromatic amines is 1. The van der Waals surface area contributed by atoms with E-state index in [0.717, 1.165) is 5.56 Å². The van der Waals surface area contributed by atoms with Crippen molar-refractivity contribution in [2.75, 3.05) is 19.0 Å². The summed E-state index contributed by atoms with van der Waals surface area (Å²) >= 11 is 0. The van der Waals surface area contributed by atoms with E-state index in [0.29, 0.717) is 11.8 Å². The highest BCUT2D eigenvalue weighted by Gasteiger charge is 2.05. The largest absolute Gasteiger partial charge is 0.349 e. The molecule has 6 heteroatoms. The highest BCUT2D eigenvalue weighted by atomic mass is 16.1. The molecule has 2 heterocycles. The SMILES string of the molecule is CN(C)c1nc(-c2ccncc2)[nH]c(=O)n1. The van der Waals surface area contributed by atoms with E-state index in [-0.39, 0.29) is 0 Å². The highest BCUT2D eigenvalue weighted by Crippen LogP contribution is 2.12.